The summed E-state index contributed by atoms with van der Waals surface area (Å²) in [6, 6.07) is -0.0261. The number of hydrogen-bond acceptors (Lipinski definition) is 4. The lowest BCUT2D eigenvalue weighted by molar-refractivity contribution is 0.0639. The fourth-order valence-corrected chi connectivity index (χ4v) is 1.84. The van der Waals surface area contributed by atoms with Crippen LogP contribution in [0, 0.1) is 0 Å². The highest BCUT2D eigenvalue weighted by atomic mass is 16.2. The molecule has 0 saturated carbocycles. The minimum Gasteiger partial charge on any atom is -0.332 e. The van der Waals surface area contributed by atoms with Crippen LogP contribution in [0.2, 0.25) is 0 Å². The zero-order valence-corrected chi connectivity index (χ0v) is 10.5. The molecule has 1 aliphatic heterocycles. The minimum atomic E-state index is -0.176. The van der Waals surface area contributed by atoms with Gasteiger partial charge in [-0.1, -0.05) is 0 Å². The van der Waals surface area contributed by atoms with E-state index in [9.17, 15) is 9.59 Å². The van der Waals surface area contributed by atoms with Crippen LogP contribution in [0.5, 0.6) is 0 Å². The van der Waals surface area contributed by atoms with Crippen LogP contribution in [0.15, 0.2) is 6.33 Å². The first-order chi connectivity index (χ1) is 8.59. The van der Waals surface area contributed by atoms with Crippen molar-refractivity contribution in [1.29, 1.82) is 0 Å². The van der Waals surface area contributed by atoms with Gasteiger partial charge in [0.25, 0.3) is 5.91 Å². The summed E-state index contributed by atoms with van der Waals surface area (Å²) in [4.78, 5) is 32.4. The lowest BCUT2D eigenvalue weighted by Gasteiger charge is -2.35. The van der Waals surface area contributed by atoms with Crippen molar-refractivity contribution in [2.24, 2.45) is 0 Å². The van der Waals surface area contributed by atoms with Gasteiger partial charge in [-0.3, -0.25) is 9.89 Å². The Morgan fingerprint density at radius 1 is 1.22 bits per heavy atom. The largest absolute Gasteiger partial charge is 0.332 e. The third-order valence-electron chi connectivity index (χ3n) is 2.84. The molecule has 2 rings (SSSR count). The third kappa shape index (κ3) is 2.41. The predicted molar refractivity (Wildman–Crippen MR) is 62.9 cm³/mol. The van der Waals surface area contributed by atoms with E-state index >= 15 is 0 Å². The van der Waals surface area contributed by atoms with Gasteiger partial charge in [-0.05, 0) is 0 Å². The summed E-state index contributed by atoms with van der Waals surface area (Å²) in [5.74, 6) is 0.0619. The Morgan fingerprint density at radius 2 is 1.83 bits per heavy atom. The SMILES string of the molecule is CN(C)C(=O)N1CCN(C(=O)c2ncn[nH]2)CC1. The van der Waals surface area contributed by atoms with E-state index in [0.29, 0.717) is 26.2 Å². The number of aromatic nitrogens is 3. The predicted octanol–water partition coefficient (Wildman–Crippen LogP) is -0.756. The van der Waals surface area contributed by atoms with Crippen molar-refractivity contribution in [2.75, 3.05) is 40.3 Å². The molecule has 1 fully saturated rings. The van der Waals surface area contributed by atoms with Crippen LogP contribution in [-0.4, -0.2) is 82.1 Å². The van der Waals surface area contributed by atoms with Crippen molar-refractivity contribution in [2.45, 2.75) is 0 Å². The second-order valence-electron chi connectivity index (χ2n) is 4.29. The molecule has 1 N–H and O–H groups in total. The molecular formula is C10H16N6O2. The highest BCUT2D eigenvalue weighted by molar-refractivity contribution is 5.90. The van der Waals surface area contributed by atoms with Gasteiger partial charge in [0.15, 0.2) is 0 Å². The van der Waals surface area contributed by atoms with Crippen molar-refractivity contribution in [3.8, 4) is 0 Å². The Morgan fingerprint density at radius 3 is 2.33 bits per heavy atom. The summed E-state index contributed by atoms with van der Waals surface area (Å²) in [6.45, 7) is 2.10. The molecule has 0 aromatic carbocycles. The second-order valence-corrected chi connectivity index (χ2v) is 4.29. The molecular weight excluding hydrogens is 236 g/mol. The Labute approximate surface area is 105 Å². The van der Waals surface area contributed by atoms with Crippen LogP contribution in [0.4, 0.5) is 4.79 Å². The van der Waals surface area contributed by atoms with Crippen LogP contribution in [-0.2, 0) is 0 Å². The monoisotopic (exact) mass is 252 g/mol. The van der Waals surface area contributed by atoms with Gasteiger partial charge < -0.3 is 14.7 Å². The van der Waals surface area contributed by atoms with Crippen molar-refractivity contribution in [1.82, 2.24) is 29.9 Å². The highest BCUT2D eigenvalue weighted by Gasteiger charge is 2.26. The zero-order chi connectivity index (χ0) is 13.1. The first-order valence-electron chi connectivity index (χ1n) is 5.70. The molecule has 8 nitrogen and oxygen atoms in total. The van der Waals surface area contributed by atoms with Crippen molar-refractivity contribution in [3.05, 3.63) is 12.2 Å². The summed E-state index contributed by atoms with van der Waals surface area (Å²) in [5.41, 5.74) is 0. The number of amides is 3. The molecule has 8 heteroatoms. The summed E-state index contributed by atoms with van der Waals surface area (Å²) < 4.78 is 0. The fourth-order valence-electron chi connectivity index (χ4n) is 1.84. The molecule has 98 valence electrons. The van der Waals surface area contributed by atoms with Gasteiger partial charge in [0.1, 0.15) is 6.33 Å². The van der Waals surface area contributed by atoms with E-state index in [1.54, 1.807) is 23.9 Å². The first kappa shape index (κ1) is 12.3. The number of urea groups is 1. The van der Waals surface area contributed by atoms with Gasteiger partial charge in [0, 0.05) is 40.3 Å². The minimum absolute atomic E-state index is 0.0261. The third-order valence-corrected chi connectivity index (χ3v) is 2.84. The molecule has 1 aromatic rings. The molecule has 1 aliphatic rings. The van der Waals surface area contributed by atoms with Gasteiger partial charge in [-0.15, -0.1) is 0 Å². The van der Waals surface area contributed by atoms with E-state index in [4.69, 9.17) is 0 Å². The number of carbonyl (C=O) groups excluding carboxylic acids is 2. The van der Waals surface area contributed by atoms with E-state index in [-0.39, 0.29) is 17.8 Å². The Bertz CT molecular complexity index is 422. The van der Waals surface area contributed by atoms with Crippen molar-refractivity contribution in [3.63, 3.8) is 0 Å². The van der Waals surface area contributed by atoms with Crippen LogP contribution >= 0.6 is 0 Å². The average Bonchev–Trinajstić information content (AvgIpc) is 2.91. The van der Waals surface area contributed by atoms with Crippen molar-refractivity contribution >= 4 is 11.9 Å². The van der Waals surface area contributed by atoms with Crippen molar-refractivity contribution < 1.29 is 9.59 Å². The van der Waals surface area contributed by atoms with Crippen LogP contribution in [0.3, 0.4) is 0 Å². The molecule has 0 atom stereocenters. The Balaban J connectivity index is 1.91. The number of aromatic amines is 1. The van der Waals surface area contributed by atoms with Gasteiger partial charge in [-0.25, -0.2) is 9.78 Å². The van der Waals surface area contributed by atoms with Crippen LogP contribution < -0.4 is 0 Å². The van der Waals surface area contributed by atoms with E-state index in [0.717, 1.165) is 0 Å². The summed E-state index contributed by atoms with van der Waals surface area (Å²) >= 11 is 0. The zero-order valence-electron chi connectivity index (χ0n) is 10.5. The van der Waals surface area contributed by atoms with E-state index in [1.807, 2.05) is 0 Å². The number of carbonyl (C=O) groups is 2. The molecule has 0 spiro atoms. The lowest BCUT2D eigenvalue weighted by atomic mass is 10.3. The molecule has 1 saturated heterocycles. The maximum atomic E-state index is 11.9. The number of piperazine rings is 1. The molecule has 18 heavy (non-hydrogen) atoms. The summed E-state index contributed by atoms with van der Waals surface area (Å²) in [7, 11) is 3.43. The number of rotatable bonds is 1. The molecule has 3 amide bonds. The molecule has 0 aliphatic carbocycles. The molecule has 0 bridgehead atoms. The fraction of sp³-hybridized carbons (Fsp3) is 0.600. The summed E-state index contributed by atoms with van der Waals surface area (Å²) in [5, 5.41) is 6.19. The maximum Gasteiger partial charge on any atom is 0.319 e. The summed E-state index contributed by atoms with van der Waals surface area (Å²) in [6.07, 6.45) is 1.30. The smallest absolute Gasteiger partial charge is 0.319 e. The van der Waals surface area contributed by atoms with Crippen LogP contribution in [0.25, 0.3) is 0 Å². The molecule has 0 radical (unpaired) electrons. The second kappa shape index (κ2) is 5.03. The number of H-pyrrole nitrogens is 1. The Kier molecular flexibility index (Phi) is 3.45. The van der Waals surface area contributed by atoms with E-state index in [1.165, 1.54) is 11.2 Å². The lowest BCUT2D eigenvalue weighted by Crippen LogP contribution is -2.53. The normalized spacial score (nSPS) is 15.7. The molecule has 1 aromatic heterocycles. The van der Waals surface area contributed by atoms with Crippen LogP contribution in [0.1, 0.15) is 10.6 Å². The average molecular weight is 252 g/mol. The van der Waals surface area contributed by atoms with E-state index in [2.05, 4.69) is 15.2 Å². The van der Waals surface area contributed by atoms with Gasteiger partial charge in [0.2, 0.25) is 5.82 Å². The van der Waals surface area contributed by atoms with Gasteiger partial charge in [0.05, 0.1) is 0 Å². The first-order valence-corrected chi connectivity index (χ1v) is 5.70. The number of nitrogens with one attached hydrogen (secondary N) is 1. The Hall–Kier alpha value is -2.12. The maximum absolute atomic E-state index is 11.9. The van der Waals surface area contributed by atoms with Gasteiger partial charge >= 0.3 is 6.03 Å². The topological polar surface area (TPSA) is 85.4 Å². The highest BCUT2D eigenvalue weighted by Crippen LogP contribution is 2.06. The molecule has 2 heterocycles. The standard InChI is InChI=1S/C10H16N6O2/c1-14(2)10(18)16-5-3-15(4-6-16)9(17)8-11-7-12-13-8/h7H,3-6H2,1-2H3,(H,11,12,13). The van der Waals surface area contributed by atoms with Gasteiger partial charge in [-0.2, -0.15) is 5.10 Å². The number of nitrogens with zero attached hydrogens (tertiary/aromatic N) is 5. The quantitative estimate of drug-likeness (QED) is 0.712. The van der Waals surface area contributed by atoms with E-state index < -0.39 is 0 Å². The number of hydrogen-bond donors (Lipinski definition) is 1. The molecule has 0 unspecified atom stereocenters.